The molecule has 1 N–H and O–H groups in total. The highest BCUT2D eigenvalue weighted by atomic mass is 16.5. The summed E-state index contributed by atoms with van der Waals surface area (Å²) in [6.07, 6.45) is 0. The molecular formula is C21H26N2O4. The van der Waals surface area contributed by atoms with Crippen molar-refractivity contribution in [2.45, 2.75) is 26.7 Å². The molecule has 2 amide bonds. The Morgan fingerprint density at radius 2 is 1.70 bits per heavy atom. The van der Waals surface area contributed by atoms with Gasteiger partial charge in [0.2, 0.25) is 11.8 Å². The molecule has 6 heteroatoms. The first-order valence-corrected chi connectivity index (χ1v) is 8.76. The van der Waals surface area contributed by atoms with Crippen molar-refractivity contribution in [2.24, 2.45) is 0 Å². The van der Waals surface area contributed by atoms with E-state index in [1.807, 2.05) is 24.3 Å². The molecule has 27 heavy (non-hydrogen) atoms. The normalized spacial score (nSPS) is 10.4. The van der Waals surface area contributed by atoms with Crippen molar-refractivity contribution in [1.82, 2.24) is 0 Å². The fourth-order valence-electron chi connectivity index (χ4n) is 2.82. The largest absolute Gasteiger partial charge is 0.493 e. The van der Waals surface area contributed by atoms with Gasteiger partial charge in [0.15, 0.2) is 11.5 Å². The first-order chi connectivity index (χ1) is 12.9. The molecule has 0 unspecified atom stereocenters. The number of methoxy groups -OCH3 is 2. The number of hydrogen-bond acceptors (Lipinski definition) is 4. The highest BCUT2D eigenvalue weighted by molar-refractivity contribution is 6.02. The van der Waals surface area contributed by atoms with Gasteiger partial charge in [-0.1, -0.05) is 32.0 Å². The Balaban J connectivity index is 2.22. The summed E-state index contributed by atoms with van der Waals surface area (Å²) in [5.74, 6) is 0.811. The van der Waals surface area contributed by atoms with Gasteiger partial charge in [0.25, 0.3) is 0 Å². The number of benzene rings is 2. The van der Waals surface area contributed by atoms with Crippen molar-refractivity contribution >= 4 is 23.2 Å². The molecule has 144 valence electrons. The van der Waals surface area contributed by atoms with E-state index >= 15 is 0 Å². The number of ether oxygens (including phenoxy) is 2. The predicted molar refractivity (Wildman–Crippen MR) is 107 cm³/mol. The van der Waals surface area contributed by atoms with Crippen LogP contribution >= 0.6 is 0 Å². The van der Waals surface area contributed by atoms with Crippen LogP contribution in [0.15, 0.2) is 42.5 Å². The summed E-state index contributed by atoms with van der Waals surface area (Å²) < 4.78 is 10.5. The third-order valence-electron chi connectivity index (χ3n) is 4.22. The molecule has 2 aromatic carbocycles. The van der Waals surface area contributed by atoms with E-state index in [1.54, 1.807) is 25.3 Å². The third kappa shape index (κ3) is 5.00. The van der Waals surface area contributed by atoms with Crippen molar-refractivity contribution in [2.75, 3.05) is 31.0 Å². The van der Waals surface area contributed by atoms with Crippen LogP contribution in [-0.4, -0.2) is 32.6 Å². The quantitative estimate of drug-likeness (QED) is 0.804. The van der Waals surface area contributed by atoms with Crippen LogP contribution < -0.4 is 19.7 Å². The molecule has 0 spiro atoms. The van der Waals surface area contributed by atoms with Crippen LogP contribution in [0.2, 0.25) is 0 Å². The van der Waals surface area contributed by atoms with Crippen LogP contribution in [0.5, 0.6) is 11.5 Å². The Morgan fingerprint density at radius 1 is 1.04 bits per heavy atom. The molecule has 6 nitrogen and oxygen atoms in total. The van der Waals surface area contributed by atoms with Crippen molar-refractivity contribution in [1.29, 1.82) is 0 Å². The topological polar surface area (TPSA) is 67.9 Å². The van der Waals surface area contributed by atoms with Crippen molar-refractivity contribution in [3.8, 4) is 11.5 Å². The summed E-state index contributed by atoms with van der Waals surface area (Å²) in [6, 6.07) is 12.8. The minimum absolute atomic E-state index is 0.1000. The van der Waals surface area contributed by atoms with Gasteiger partial charge in [0.1, 0.15) is 6.54 Å². The zero-order valence-corrected chi connectivity index (χ0v) is 16.4. The molecule has 0 aliphatic carbocycles. The first-order valence-electron chi connectivity index (χ1n) is 8.76. The lowest BCUT2D eigenvalue weighted by atomic mass is 10.0. The smallest absolute Gasteiger partial charge is 0.244 e. The number of nitrogens with zero attached hydrogens (tertiary/aromatic N) is 1. The van der Waals surface area contributed by atoms with Gasteiger partial charge in [0.05, 0.1) is 14.2 Å². The van der Waals surface area contributed by atoms with E-state index in [9.17, 15) is 9.59 Å². The fourth-order valence-corrected chi connectivity index (χ4v) is 2.82. The molecule has 2 aromatic rings. The Kier molecular flexibility index (Phi) is 6.82. The van der Waals surface area contributed by atoms with Crippen LogP contribution in [0.4, 0.5) is 11.4 Å². The minimum Gasteiger partial charge on any atom is -0.493 e. The second-order valence-electron chi connectivity index (χ2n) is 6.43. The molecule has 2 rings (SSSR count). The number of carbonyl (C=O) groups excluding carboxylic acids is 2. The maximum Gasteiger partial charge on any atom is 0.244 e. The van der Waals surface area contributed by atoms with E-state index in [1.165, 1.54) is 18.9 Å². The van der Waals surface area contributed by atoms with E-state index < -0.39 is 0 Å². The number of hydrogen-bond donors (Lipinski definition) is 1. The lowest BCUT2D eigenvalue weighted by molar-refractivity contribution is -0.120. The van der Waals surface area contributed by atoms with Crippen LogP contribution in [0, 0.1) is 0 Å². The monoisotopic (exact) mass is 370 g/mol. The number of nitrogens with one attached hydrogen (secondary N) is 1. The lowest BCUT2D eigenvalue weighted by Gasteiger charge is -2.22. The molecule has 0 saturated carbocycles. The fraction of sp³-hybridized carbons (Fsp3) is 0.333. The third-order valence-corrected chi connectivity index (χ3v) is 4.22. The van der Waals surface area contributed by atoms with Crippen molar-refractivity contribution < 1.29 is 19.1 Å². The number of anilines is 2. The van der Waals surface area contributed by atoms with Gasteiger partial charge in [0, 0.05) is 24.4 Å². The summed E-state index contributed by atoms with van der Waals surface area (Å²) >= 11 is 0. The van der Waals surface area contributed by atoms with Crippen LogP contribution in [0.3, 0.4) is 0 Å². The van der Waals surface area contributed by atoms with Crippen LogP contribution in [0.1, 0.15) is 32.3 Å². The van der Waals surface area contributed by atoms with E-state index in [2.05, 4.69) is 19.2 Å². The average molecular weight is 370 g/mol. The molecule has 0 bridgehead atoms. The standard InChI is InChI=1S/C21H26N2O4/c1-14(2)17-8-6-7-9-18(17)22-21(25)13-23(15(3)24)16-10-11-19(26-4)20(12-16)27-5/h6-12,14H,13H2,1-5H3,(H,22,25). The Morgan fingerprint density at radius 3 is 2.30 bits per heavy atom. The van der Waals surface area contributed by atoms with Crippen molar-refractivity contribution in [3.05, 3.63) is 48.0 Å². The lowest BCUT2D eigenvalue weighted by Crippen LogP contribution is -2.36. The zero-order chi connectivity index (χ0) is 20.0. The maximum absolute atomic E-state index is 12.6. The Hall–Kier alpha value is -3.02. The molecule has 0 heterocycles. The molecule has 0 aliphatic rings. The van der Waals surface area contributed by atoms with Crippen LogP contribution in [0.25, 0.3) is 0 Å². The first kappa shape index (κ1) is 20.3. The number of carbonyl (C=O) groups is 2. The second kappa shape index (κ2) is 9.07. The van der Waals surface area contributed by atoms with E-state index in [-0.39, 0.29) is 24.3 Å². The number of para-hydroxylation sites is 1. The summed E-state index contributed by atoms with van der Waals surface area (Å²) in [6.45, 7) is 5.45. The van der Waals surface area contributed by atoms with E-state index in [0.29, 0.717) is 17.2 Å². The molecule has 0 saturated heterocycles. The predicted octanol–water partition coefficient (Wildman–Crippen LogP) is 3.82. The van der Waals surface area contributed by atoms with Gasteiger partial charge in [-0.3, -0.25) is 9.59 Å². The van der Waals surface area contributed by atoms with E-state index in [4.69, 9.17) is 9.47 Å². The summed E-state index contributed by atoms with van der Waals surface area (Å²) in [4.78, 5) is 26.1. The minimum atomic E-state index is -0.270. The Labute approximate surface area is 160 Å². The molecule has 0 fully saturated rings. The summed E-state index contributed by atoms with van der Waals surface area (Å²) in [7, 11) is 3.06. The van der Waals surface area contributed by atoms with Gasteiger partial charge in [-0.15, -0.1) is 0 Å². The van der Waals surface area contributed by atoms with E-state index in [0.717, 1.165) is 11.3 Å². The molecule has 0 atom stereocenters. The molecule has 0 aromatic heterocycles. The Bertz CT molecular complexity index is 818. The summed E-state index contributed by atoms with van der Waals surface area (Å²) in [5.41, 5.74) is 2.37. The van der Waals surface area contributed by atoms with Gasteiger partial charge < -0.3 is 19.7 Å². The highest BCUT2D eigenvalue weighted by Crippen LogP contribution is 2.31. The van der Waals surface area contributed by atoms with Gasteiger partial charge in [-0.2, -0.15) is 0 Å². The summed E-state index contributed by atoms with van der Waals surface area (Å²) in [5, 5.41) is 2.91. The number of amides is 2. The second-order valence-corrected chi connectivity index (χ2v) is 6.43. The van der Waals surface area contributed by atoms with Gasteiger partial charge >= 0.3 is 0 Å². The maximum atomic E-state index is 12.6. The molecular weight excluding hydrogens is 344 g/mol. The van der Waals surface area contributed by atoms with Gasteiger partial charge in [-0.05, 0) is 29.7 Å². The highest BCUT2D eigenvalue weighted by Gasteiger charge is 2.19. The molecule has 0 aliphatic heterocycles. The number of rotatable bonds is 7. The van der Waals surface area contributed by atoms with Gasteiger partial charge in [-0.25, -0.2) is 0 Å². The average Bonchev–Trinajstić information content (AvgIpc) is 2.65. The molecule has 0 radical (unpaired) electrons. The van der Waals surface area contributed by atoms with Crippen LogP contribution in [-0.2, 0) is 9.59 Å². The zero-order valence-electron chi connectivity index (χ0n) is 16.4. The van der Waals surface area contributed by atoms with Crippen molar-refractivity contribution in [3.63, 3.8) is 0 Å². The SMILES string of the molecule is COc1ccc(N(CC(=O)Nc2ccccc2C(C)C)C(C)=O)cc1OC.